The Hall–Kier alpha value is -3.51. The van der Waals surface area contributed by atoms with Crippen LogP contribution >= 0.6 is 0 Å². The molecular weight excluding hydrogens is 552 g/mol. The molecule has 0 aliphatic carbocycles. The van der Waals surface area contributed by atoms with E-state index in [1.807, 2.05) is 0 Å². The highest BCUT2D eigenvalue weighted by Gasteiger charge is 2.50. The van der Waals surface area contributed by atoms with Crippen LogP contribution in [0.2, 0.25) is 0 Å². The summed E-state index contributed by atoms with van der Waals surface area (Å²) in [4.78, 5) is 0. The van der Waals surface area contributed by atoms with E-state index in [0.717, 1.165) is 12.1 Å². The summed E-state index contributed by atoms with van der Waals surface area (Å²) in [7, 11) is 0. The molecule has 0 unspecified atom stereocenters. The Balaban J connectivity index is 1.57. The summed E-state index contributed by atoms with van der Waals surface area (Å²) in [5.74, 6) is -1.98. The van der Waals surface area contributed by atoms with Crippen LogP contribution in [0.25, 0.3) is 22.3 Å². The van der Waals surface area contributed by atoms with Gasteiger partial charge in [0, 0.05) is 18.2 Å². The Labute approximate surface area is 230 Å². The molecule has 2 fully saturated rings. The zero-order valence-electron chi connectivity index (χ0n) is 21.1. The van der Waals surface area contributed by atoms with E-state index in [2.05, 4.69) is 0 Å². The quantitative estimate of drug-likeness (QED) is 0.122. The van der Waals surface area contributed by atoms with Gasteiger partial charge in [-0.15, -0.1) is 0 Å². The molecule has 41 heavy (non-hydrogen) atoms. The van der Waals surface area contributed by atoms with Crippen molar-refractivity contribution in [1.29, 1.82) is 0 Å². The van der Waals surface area contributed by atoms with E-state index in [9.17, 15) is 51.1 Å². The molecule has 3 aromatic rings. The van der Waals surface area contributed by atoms with E-state index >= 15 is 0 Å². The fourth-order valence-electron chi connectivity index (χ4n) is 4.61. The second-order valence-corrected chi connectivity index (χ2v) is 9.70. The zero-order chi connectivity index (χ0) is 29.6. The van der Waals surface area contributed by atoms with Gasteiger partial charge >= 0.3 is 11.3 Å². The van der Waals surface area contributed by atoms with E-state index in [1.165, 1.54) is 24.3 Å². The van der Waals surface area contributed by atoms with E-state index in [1.54, 1.807) is 0 Å². The van der Waals surface area contributed by atoms with Gasteiger partial charge in [-0.05, 0) is 12.1 Å². The third-order valence-electron chi connectivity index (χ3n) is 6.87. The Kier molecular flexibility index (Phi) is 8.06. The van der Waals surface area contributed by atoms with E-state index < -0.39 is 85.8 Å². The first-order chi connectivity index (χ1) is 19.5. The highest BCUT2D eigenvalue weighted by molar-refractivity contribution is 5.88. The van der Waals surface area contributed by atoms with Crippen LogP contribution in [0.15, 0.2) is 40.8 Å². The maximum Gasteiger partial charge on any atom is 0.402 e. The van der Waals surface area contributed by atoms with Gasteiger partial charge in [0.15, 0.2) is 23.9 Å². The van der Waals surface area contributed by atoms with Gasteiger partial charge in [0.05, 0.1) is 24.8 Å². The first-order valence-electron chi connectivity index (χ1n) is 12.4. The lowest BCUT2D eigenvalue weighted by Gasteiger charge is -2.44. The highest BCUT2D eigenvalue weighted by atomic mass is 16.8. The second kappa shape index (κ2) is 11.4. The molecule has 2 aliphatic rings. The van der Waals surface area contributed by atoms with Crippen molar-refractivity contribution >= 4 is 11.0 Å². The minimum Gasteiger partial charge on any atom is -0.507 e. The second-order valence-electron chi connectivity index (χ2n) is 9.70. The molecule has 5 rings (SSSR count). The smallest absolute Gasteiger partial charge is 0.402 e. The van der Waals surface area contributed by atoms with Crippen molar-refractivity contribution < 1.29 is 74.4 Å². The largest absolute Gasteiger partial charge is 0.507 e. The van der Waals surface area contributed by atoms with Gasteiger partial charge in [-0.2, -0.15) is 0 Å². The third kappa shape index (κ3) is 5.54. The number of aliphatic hydroxyl groups is 6. The fourth-order valence-corrected chi connectivity index (χ4v) is 4.61. The van der Waals surface area contributed by atoms with Crippen molar-refractivity contribution in [3.05, 3.63) is 36.4 Å². The summed E-state index contributed by atoms with van der Waals surface area (Å²) in [6.45, 7) is -1.18. The van der Waals surface area contributed by atoms with E-state index in [4.69, 9.17) is 23.4 Å². The monoisotopic (exact) mass is 581 g/mol. The Morgan fingerprint density at radius 3 is 2.27 bits per heavy atom. The minimum atomic E-state index is -1.80. The van der Waals surface area contributed by atoms with Gasteiger partial charge in [-0.1, -0.05) is 0 Å². The van der Waals surface area contributed by atoms with Crippen LogP contribution < -0.4 is 4.74 Å². The number of phenolic OH excluding ortho intramolecular Hbond substituents is 4. The van der Waals surface area contributed by atoms with Gasteiger partial charge in [-0.25, -0.2) is 4.42 Å². The number of aliphatic hydroxyl groups excluding tert-OH is 6. The highest BCUT2D eigenvalue weighted by Crippen LogP contribution is 2.42. The number of rotatable bonds is 6. The number of hydrogen-bond acceptors (Lipinski definition) is 14. The van der Waals surface area contributed by atoms with Crippen molar-refractivity contribution in [1.82, 2.24) is 0 Å². The summed E-state index contributed by atoms with van der Waals surface area (Å²) < 4.78 is 28.5. The van der Waals surface area contributed by atoms with Crippen LogP contribution in [0.3, 0.4) is 0 Å². The lowest BCUT2D eigenvalue weighted by atomic mass is 9.98. The van der Waals surface area contributed by atoms with Gasteiger partial charge in [0.1, 0.15) is 53.5 Å². The predicted molar refractivity (Wildman–Crippen MR) is 134 cm³/mol. The van der Waals surface area contributed by atoms with E-state index in [0.29, 0.717) is 0 Å². The number of hydrogen-bond donors (Lipinski definition) is 10. The van der Waals surface area contributed by atoms with Crippen LogP contribution in [0.1, 0.15) is 0 Å². The van der Waals surface area contributed by atoms with Gasteiger partial charge in [0.25, 0.3) is 0 Å². The molecule has 2 saturated heterocycles. The number of ether oxygens (including phenoxy) is 4. The maximum atomic E-state index is 10.9. The molecule has 0 spiro atoms. The van der Waals surface area contributed by atoms with E-state index in [-0.39, 0.29) is 33.8 Å². The molecule has 222 valence electrons. The number of fused-ring (bicyclic) bond motifs is 1. The number of phenols is 4. The molecule has 0 amide bonds. The maximum absolute atomic E-state index is 10.9. The lowest BCUT2D eigenvalue weighted by Crippen LogP contribution is -2.63. The summed E-state index contributed by atoms with van der Waals surface area (Å²) in [6.07, 6.45) is -14.6. The number of aromatic hydroxyl groups is 4. The molecule has 2 aromatic carbocycles. The first kappa shape index (κ1) is 29.0. The Morgan fingerprint density at radius 1 is 0.805 bits per heavy atom. The molecule has 0 bridgehead atoms. The third-order valence-corrected chi connectivity index (χ3v) is 6.87. The molecular formula is C26H29O15+. The van der Waals surface area contributed by atoms with Crippen LogP contribution in [0, 0.1) is 0 Å². The average molecular weight is 582 g/mol. The van der Waals surface area contributed by atoms with Gasteiger partial charge in [-0.3, -0.25) is 0 Å². The van der Waals surface area contributed by atoms with Crippen molar-refractivity contribution in [2.75, 3.05) is 13.2 Å². The molecule has 2 aliphatic heterocycles. The van der Waals surface area contributed by atoms with Crippen molar-refractivity contribution in [3.63, 3.8) is 0 Å². The molecule has 15 nitrogen and oxygen atoms in total. The van der Waals surface area contributed by atoms with Gasteiger partial charge in [0.2, 0.25) is 12.0 Å². The molecule has 1 aromatic heterocycles. The predicted octanol–water partition coefficient (Wildman–Crippen LogP) is -1.15. The average Bonchev–Trinajstić information content (AvgIpc) is 2.94. The SMILES string of the molecule is OC[C@@H]1O[C@@H](Oc2cc3c(O)cc(O)cc3[o+]c2-c2ccc(O)c(O)c2)[C@@H](O[C@H]2OC[C@H](O)[C@@H](O)[C@@H]2O)[C@H](O)[C@H]1O. The fraction of sp³-hybridized carbons (Fsp3) is 0.423. The number of benzene rings is 2. The summed E-state index contributed by atoms with van der Waals surface area (Å²) in [5, 5.41) is 101. The van der Waals surface area contributed by atoms with Gasteiger partial charge < -0.3 is 70.0 Å². The molecule has 15 heteroatoms. The summed E-state index contributed by atoms with van der Waals surface area (Å²) in [5.41, 5.74) is 0.139. The van der Waals surface area contributed by atoms with Crippen LogP contribution in [-0.4, -0.2) is 120 Å². The van der Waals surface area contributed by atoms with Crippen molar-refractivity contribution in [2.45, 2.75) is 55.3 Å². The zero-order valence-corrected chi connectivity index (χ0v) is 21.1. The van der Waals surface area contributed by atoms with Crippen molar-refractivity contribution in [2.24, 2.45) is 0 Å². The summed E-state index contributed by atoms with van der Waals surface area (Å²) in [6, 6.07) is 7.19. The van der Waals surface area contributed by atoms with Crippen LogP contribution in [0.4, 0.5) is 0 Å². The molecule has 0 saturated carbocycles. The standard InChI is InChI=1S/C26H28O15/c27-7-18-20(34)21(35)24(41-25-22(36)19(33)15(32)8-37-25)26(40-18)39-17-6-11-13(30)4-10(28)5-16(11)38-23(17)9-1-2-12(29)14(31)3-9/h1-6,15,18-22,24-27,32-36H,7-8H2,(H3-,28,29,30,31)/p+1/t15-,18-,19+,20-,21+,22-,24-,25+,26+/m0/s1. The summed E-state index contributed by atoms with van der Waals surface area (Å²) >= 11 is 0. The molecule has 10 N–H and O–H groups in total. The van der Waals surface area contributed by atoms with Crippen LogP contribution in [0.5, 0.6) is 28.7 Å². The van der Waals surface area contributed by atoms with Crippen molar-refractivity contribution in [3.8, 4) is 40.1 Å². The molecule has 3 heterocycles. The minimum absolute atomic E-state index is 0.00950. The normalized spacial score (nSPS) is 32.2. The molecule has 9 atom stereocenters. The molecule has 0 radical (unpaired) electrons. The topological polar surface area (TPSA) is 251 Å². The lowest BCUT2D eigenvalue weighted by molar-refractivity contribution is -0.344. The van der Waals surface area contributed by atoms with Crippen LogP contribution in [-0.2, 0) is 14.2 Å². The Morgan fingerprint density at radius 2 is 1.56 bits per heavy atom. The Bertz CT molecular complexity index is 1400. The first-order valence-corrected chi connectivity index (χ1v) is 12.4.